The van der Waals surface area contributed by atoms with Crippen molar-refractivity contribution in [3.63, 3.8) is 0 Å². The van der Waals surface area contributed by atoms with E-state index < -0.39 is 11.9 Å². The van der Waals surface area contributed by atoms with Crippen LogP contribution >= 0.6 is 0 Å². The minimum atomic E-state index is -1.36. The van der Waals surface area contributed by atoms with Gasteiger partial charge in [0.2, 0.25) is 0 Å². The van der Waals surface area contributed by atoms with Gasteiger partial charge in [0.25, 0.3) is 0 Å². The zero-order valence-electron chi connectivity index (χ0n) is 17.1. The van der Waals surface area contributed by atoms with Gasteiger partial charge in [-0.1, -0.05) is 25.5 Å². The Morgan fingerprint density at radius 2 is 1.85 bits per heavy atom. The summed E-state index contributed by atoms with van der Waals surface area (Å²) in [6, 6.07) is 0.0400. The van der Waals surface area contributed by atoms with Crippen LogP contribution in [0.4, 0.5) is 0 Å². The maximum absolute atomic E-state index is 11.6. The van der Waals surface area contributed by atoms with Crippen molar-refractivity contribution < 1.29 is 14.7 Å². The SMILES string of the molecule is C/C=C1/CC[C@H]2[C@@H]3CC[C@@H]4C[C@H](NC(=O)C(=O)O)CC[C@]4(C)[C@H]3CC[C@]12C. The molecule has 0 bridgehead atoms. The van der Waals surface area contributed by atoms with Crippen LogP contribution in [0.15, 0.2) is 11.6 Å². The molecule has 1 amide bonds. The van der Waals surface area contributed by atoms with E-state index >= 15 is 0 Å². The lowest BCUT2D eigenvalue weighted by molar-refractivity contribution is -0.151. The van der Waals surface area contributed by atoms with Gasteiger partial charge in [-0.2, -0.15) is 0 Å². The number of hydrogen-bond donors (Lipinski definition) is 2. The van der Waals surface area contributed by atoms with Crippen molar-refractivity contribution >= 4 is 11.9 Å². The highest BCUT2D eigenvalue weighted by atomic mass is 16.4. The standard InChI is InChI=1S/C23H35NO3/c1-4-14-6-8-18-17-7-5-15-13-16(24-20(25)21(26)27)9-11-23(15,3)19(17)10-12-22(14,18)2/h4,15-19H,5-13H2,1-3H3,(H,24,25)(H,26,27)/b14-4-/t15-,16-,17+,18+,19+,22-,23+/m1/s1. The third kappa shape index (κ3) is 2.86. The first kappa shape index (κ1) is 19.0. The summed E-state index contributed by atoms with van der Waals surface area (Å²) < 4.78 is 0. The van der Waals surface area contributed by atoms with Gasteiger partial charge in [0.1, 0.15) is 0 Å². The molecule has 0 aromatic rings. The number of carboxylic acid groups (broad SMARTS) is 1. The summed E-state index contributed by atoms with van der Waals surface area (Å²) in [7, 11) is 0. The summed E-state index contributed by atoms with van der Waals surface area (Å²) in [6.07, 6.45) is 13.3. The van der Waals surface area contributed by atoms with E-state index in [2.05, 4.69) is 32.2 Å². The minimum absolute atomic E-state index is 0.0400. The van der Waals surface area contributed by atoms with Crippen LogP contribution in [0, 0.1) is 34.5 Å². The first-order valence-corrected chi connectivity index (χ1v) is 11.0. The molecule has 4 nitrogen and oxygen atoms in total. The summed E-state index contributed by atoms with van der Waals surface area (Å²) in [5.41, 5.74) is 2.51. The average Bonchev–Trinajstić information content (AvgIpc) is 2.98. The van der Waals surface area contributed by atoms with E-state index in [9.17, 15) is 9.59 Å². The van der Waals surface area contributed by atoms with E-state index in [1.54, 1.807) is 5.57 Å². The Kier molecular flexibility index (Phi) is 4.67. The van der Waals surface area contributed by atoms with Crippen LogP contribution in [0.1, 0.15) is 78.6 Å². The highest BCUT2D eigenvalue weighted by molar-refractivity contribution is 6.31. The Balaban J connectivity index is 1.50. The van der Waals surface area contributed by atoms with Crippen LogP contribution in [0.25, 0.3) is 0 Å². The van der Waals surface area contributed by atoms with E-state index in [-0.39, 0.29) is 6.04 Å². The highest BCUT2D eigenvalue weighted by Gasteiger charge is 2.58. The summed E-state index contributed by atoms with van der Waals surface area (Å²) >= 11 is 0. The quantitative estimate of drug-likeness (QED) is 0.524. The van der Waals surface area contributed by atoms with Gasteiger partial charge < -0.3 is 10.4 Å². The number of carbonyl (C=O) groups excluding carboxylic acids is 1. The molecule has 4 fully saturated rings. The molecular weight excluding hydrogens is 338 g/mol. The van der Waals surface area contributed by atoms with Crippen LogP contribution in [-0.4, -0.2) is 23.0 Å². The topological polar surface area (TPSA) is 66.4 Å². The maximum Gasteiger partial charge on any atom is 0.394 e. The van der Waals surface area contributed by atoms with Gasteiger partial charge >= 0.3 is 11.9 Å². The normalized spacial score (nSPS) is 47.7. The van der Waals surface area contributed by atoms with Crippen molar-refractivity contribution in [3.05, 3.63) is 11.6 Å². The largest absolute Gasteiger partial charge is 0.474 e. The fourth-order valence-electron chi connectivity index (χ4n) is 7.96. The molecular formula is C23H35NO3. The van der Waals surface area contributed by atoms with Crippen LogP contribution in [-0.2, 0) is 9.59 Å². The monoisotopic (exact) mass is 373 g/mol. The Morgan fingerprint density at radius 3 is 2.56 bits per heavy atom. The fourth-order valence-corrected chi connectivity index (χ4v) is 7.96. The molecule has 0 aliphatic heterocycles. The highest BCUT2D eigenvalue weighted by Crippen LogP contribution is 2.67. The number of rotatable bonds is 1. The first-order chi connectivity index (χ1) is 12.8. The van der Waals surface area contributed by atoms with E-state index in [0.717, 1.165) is 37.0 Å². The number of nitrogens with one attached hydrogen (secondary N) is 1. The Labute approximate surface area is 163 Å². The van der Waals surface area contributed by atoms with E-state index in [4.69, 9.17) is 5.11 Å². The second kappa shape index (κ2) is 6.63. The Morgan fingerprint density at radius 1 is 1.07 bits per heavy atom. The zero-order valence-corrected chi connectivity index (χ0v) is 17.1. The summed E-state index contributed by atoms with van der Waals surface area (Å²) in [4.78, 5) is 22.5. The summed E-state index contributed by atoms with van der Waals surface area (Å²) in [5, 5.41) is 11.6. The zero-order chi connectivity index (χ0) is 19.4. The number of allylic oxidation sites excluding steroid dienone is 2. The molecule has 0 heterocycles. The third-order valence-corrected chi connectivity index (χ3v) is 9.39. The van der Waals surface area contributed by atoms with Crippen molar-refractivity contribution in [2.75, 3.05) is 0 Å². The van der Waals surface area contributed by atoms with Crippen LogP contribution in [0.2, 0.25) is 0 Å². The molecule has 7 atom stereocenters. The van der Waals surface area contributed by atoms with E-state index in [1.807, 2.05) is 0 Å². The molecule has 4 aliphatic rings. The van der Waals surface area contributed by atoms with Crippen LogP contribution in [0.3, 0.4) is 0 Å². The fraction of sp³-hybridized carbons (Fsp3) is 0.826. The van der Waals surface area contributed by atoms with Gasteiger partial charge in [-0.15, -0.1) is 0 Å². The number of amides is 1. The van der Waals surface area contributed by atoms with Crippen LogP contribution in [0.5, 0.6) is 0 Å². The van der Waals surface area contributed by atoms with Crippen molar-refractivity contribution in [1.29, 1.82) is 0 Å². The molecule has 4 saturated carbocycles. The second-order valence-electron chi connectivity index (χ2n) is 10.2. The molecule has 150 valence electrons. The molecule has 0 aromatic carbocycles. The van der Waals surface area contributed by atoms with Gasteiger partial charge in [0, 0.05) is 6.04 Å². The van der Waals surface area contributed by atoms with Crippen LogP contribution < -0.4 is 5.32 Å². The van der Waals surface area contributed by atoms with Gasteiger partial charge in [0.05, 0.1) is 0 Å². The van der Waals surface area contributed by atoms with Gasteiger partial charge in [-0.25, -0.2) is 4.79 Å². The molecule has 0 aromatic heterocycles. The Hall–Kier alpha value is -1.32. The molecule has 0 radical (unpaired) electrons. The van der Waals surface area contributed by atoms with Crippen molar-refractivity contribution in [2.24, 2.45) is 34.5 Å². The summed E-state index contributed by atoms with van der Waals surface area (Å²) in [6.45, 7) is 7.26. The molecule has 0 spiro atoms. The molecule has 0 unspecified atom stereocenters. The van der Waals surface area contributed by atoms with Gasteiger partial charge in [0.15, 0.2) is 0 Å². The maximum atomic E-state index is 11.6. The van der Waals surface area contributed by atoms with E-state index in [0.29, 0.717) is 16.7 Å². The lowest BCUT2D eigenvalue weighted by Crippen LogP contribution is -2.55. The smallest absolute Gasteiger partial charge is 0.394 e. The van der Waals surface area contributed by atoms with E-state index in [1.165, 1.54) is 38.5 Å². The molecule has 0 saturated heterocycles. The number of aliphatic carboxylic acids is 1. The lowest BCUT2D eigenvalue weighted by Gasteiger charge is -2.60. The number of carboxylic acids is 1. The number of fused-ring (bicyclic) bond motifs is 5. The first-order valence-electron chi connectivity index (χ1n) is 11.0. The molecule has 4 rings (SSSR count). The van der Waals surface area contributed by atoms with Gasteiger partial charge in [-0.05, 0) is 99.2 Å². The predicted molar refractivity (Wildman–Crippen MR) is 105 cm³/mol. The predicted octanol–water partition coefficient (Wildman–Crippen LogP) is 4.54. The number of carbonyl (C=O) groups is 2. The lowest BCUT2D eigenvalue weighted by atomic mass is 9.45. The van der Waals surface area contributed by atoms with Crippen molar-refractivity contribution in [3.8, 4) is 0 Å². The molecule has 27 heavy (non-hydrogen) atoms. The Bertz CT molecular complexity index is 671. The molecule has 4 heteroatoms. The summed E-state index contributed by atoms with van der Waals surface area (Å²) in [5.74, 6) is 0.938. The minimum Gasteiger partial charge on any atom is -0.474 e. The van der Waals surface area contributed by atoms with Crippen molar-refractivity contribution in [1.82, 2.24) is 5.32 Å². The third-order valence-electron chi connectivity index (χ3n) is 9.39. The second-order valence-corrected chi connectivity index (χ2v) is 10.2. The van der Waals surface area contributed by atoms with Gasteiger partial charge in [-0.3, -0.25) is 4.79 Å². The molecule has 2 N–H and O–H groups in total. The molecule has 4 aliphatic carbocycles. The average molecular weight is 374 g/mol. The van der Waals surface area contributed by atoms with Crippen molar-refractivity contribution in [2.45, 2.75) is 84.6 Å². The number of hydrogen-bond acceptors (Lipinski definition) is 2.